The number of hydrogen-bond acceptors (Lipinski definition) is 2. The fraction of sp³-hybridized carbons (Fsp3) is 0.571. The standard InChI is InChI=1S/C14H17F3N2/c15-14(16,17)12-3-1-10(2-4-12)7-19-8-13(18,9-19)11-5-6-11/h1-4,11H,5-9,18H2. The second-order valence-electron chi connectivity index (χ2n) is 5.85. The zero-order valence-corrected chi connectivity index (χ0v) is 10.6. The van der Waals surface area contributed by atoms with Crippen LogP contribution >= 0.6 is 0 Å². The number of halogens is 3. The average molecular weight is 270 g/mol. The predicted octanol–water partition coefficient (Wildman–Crippen LogP) is 2.63. The van der Waals surface area contributed by atoms with Crippen molar-refractivity contribution in [1.82, 2.24) is 4.90 Å². The number of likely N-dealkylation sites (tertiary alicyclic amines) is 1. The molecule has 19 heavy (non-hydrogen) atoms. The second-order valence-corrected chi connectivity index (χ2v) is 5.85. The Bertz CT molecular complexity index is 457. The molecule has 1 saturated heterocycles. The van der Waals surface area contributed by atoms with Crippen molar-refractivity contribution in [3.8, 4) is 0 Å². The van der Waals surface area contributed by atoms with Crippen LogP contribution in [0.2, 0.25) is 0 Å². The quantitative estimate of drug-likeness (QED) is 0.915. The molecule has 104 valence electrons. The van der Waals surface area contributed by atoms with Gasteiger partial charge in [-0.25, -0.2) is 0 Å². The maximum Gasteiger partial charge on any atom is 0.416 e. The van der Waals surface area contributed by atoms with Crippen LogP contribution in [-0.4, -0.2) is 23.5 Å². The van der Waals surface area contributed by atoms with Crippen molar-refractivity contribution in [3.63, 3.8) is 0 Å². The Labute approximate surface area is 110 Å². The molecule has 0 atom stereocenters. The molecule has 2 fully saturated rings. The number of rotatable bonds is 3. The molecular weight excluding hydrogens is 253 g/mol. The van der Waals surface area contributed by atoms with Crippen molar-refractivity contribution in [2.75, 3.05) is 13.1 Å². The molecule has 0 bridgehead atoms. The van der Waals surface area contributed by atoms with Gasteiger partial charge in [0.15, 0.2) is 0 Å². The third-order valence-corrected chi connectivity index (χ3v) is 4.11. The third-order valence-electron chi connectivity index (χ3n) is 4.11. The van der Waals surface area contributed by atoms with E-state index in [0.29, 0.717) is 12.5 Å². The summed E-state index contributed by atoms with van der Waals surface area (Å²) in [5, 5.41) is 0. The Kier molecular flexibility index (Phi) is 2.87. The van der Waals surface area contributed by atoms with Crippen molar-refractivity contribution < 1.29 is 13.2 Å². The molecule has 1 heterocycles. The van der Waals surface area contributed by atoms with E-state index in [1.807, 2.05) is 0 Å². The van der Waals surface area contributed by atoms with Gasteiger partial charge in [-0.1, -0.05) is 12.1 Å². The van der Waals surface area contributed by atoms with E-state index in [0.717, 1.165) is 30.8 Å². The fourth-order valence-electron chi connectivity index (χ4n) is 2.87. The van der Waals surface area contributed by atoms with Crippen molar-refractivity contribution in [2.24, 2.45) is 11.7 Å². The summed E-state index contributed by atoms with van der Waals surface area (Å²) in [4.78, 5) is 2.20. The van der Waals surface area contributed by atoms with Crippen molar-refractivity contribution in [2.45, 2.75) is 31.1 Å². The van der Waals surface area contributed by atoms with Crippen LogP contribution in [0.5, 0.6) is 0 Å². The lowest BCUT2D eigenvalue weighted by Crippen LogP contribution is -2.68. The van der Waals surface area contributed by atoms with Crippen LogP contribution in [-0.2, 0) is 12.7 Å². The summed E-state index contributed by atoms with van der Waals surface area (Å²) < 4.78 is 37.3. The minimum absolute atomic E-state index is 0.0358. The highest BCUT2D eigenvalue weighted by atomic mass is 19.4. The molecule has 0 spiro atoms. The first-order valence-corrected chi connectivity index (χ1v) is 6.54. The van der Waals surface area contributed by atoms with Crippen LogP contribution in [0.3, 0.4) is 0 Å². The molecule has 1 aliphatic heterocycles. The highest BCUT2D eigenvalue weighted by Crippen LogP contribution is 2.43. The first-order valence-electron chi connectivity index (χ1n) is 6.54. The van der Waals surface area contributed by atoms with E-state index in [4.69, 9.17) is 5.73 Å². The molecule has 1 aliphatic carbocycles. The number of nitrogens with two attached hydrogens (primary N) is 1. The SMILES string of the molecule is NC1(C2CC2)CN(Cc2ccc(C(F)(F)F)cc2)C1. The van der Waals surface area contributed by atoms with Crippen LogP contribution in [0.15, 0.2) is 24.3 Å². The van der Waals surface area contributed by atoms with Gasteiger partial charge in [-0.3, -0.25) is 4.90 Å². The van der Waals surface area contributed by atoms with Gasteiger partial charge >= 0.3 is 6.18 Å². The van der Waals surface area contributed by atoms with Crippen LogP contribution in [0, 0.1) is 5.92 Å². The highest BCUT2D eigenvalue weighted by Gasteiger charge is 2.49. The fourth-order valence-corrected chi connectivity index (χ4v) is 2.87. The van der Waals surface area contributed by atoms with Gasteiger partial charge in [0.25, 0.3) is 0 Å². The summed E-state index contributed by atoms with van der Waals surface area (Å²) in [6.07, 6.45) is -1.80. The Balaban J connectivity index is 1.57. The molecule has 2 nitrogen and oxygen atoms in total. The summed E-state index contributed by atoms with van der Waals surface area (Å²) in [5.74, 6) is 0.663. The van der Waals surface area contributed by atoms with Gasteiger partial charge in [0.1, 0.15) is 0 Å². The number of benzene rings is 1. The van der Waals surface area contributed by atoms with E-state index in [-0.39, 0.29) is 5.54 Å². The van der Waals surface area contributed by atoms with Gasteiger partial charge in [0, 0.05) is 25.2 Å². The zero-order chi connectivity index (χ0) is 13.7. The number of nitrogens with zero attached hydrogens (tertiary/aromatic N) is 1. The molecule has 0 unspecified atom stereocenters. The van der Waals surface area contributed by atoms with E-state index in [1.54, 1.807) is 12.1 Å². The van der Waals surface area contributed by atoms with Gasteiger partial charge in [-0.15, -0.1) is 0 Å². The van der Waals surface area contributed by atoms with Gasteiger partial charge in [-0.05, 0) is 36.5 Å². The molecule has 0 aromatic heterocycles. The molecule has 2 aliphatic rings. The molecule has 3 rings (SSSR count). The summed E-state index contributed by atoms with van der Waals surface area (Å²) in [7, 11) is 0. The van der Waals surface area contributed by atoms with E-state index in [1.165, 1.54) is 12.8 Å². The van der Waals surface area contributed by atoms with Crippen LogP contribution in [0.25, 0.3) is 0 Å². The Morgan fingerprint density at radius 2 is 1.74 bits per heavy atom. The topological polar surface area (TPSA) is 29.3 Å². The van der Waals surface area contributed by atoms with E-state index >= 15 is 0 Å². The molecule has 0 amide bonds. The van der Waals surface area contributed by atoms with Gasteiger partial charge in [0.2, 0.25) is 0 Å². The van der Waals surface area contributed by atoms with E-state index in [9.17, 15) is 13.2 Å². The molecule has 1 aromatic rings. The highest BCUT2D eigenvalue weighted by molar-refractivity contribution is 5.25. The lowest BCUT2D eigenvalue weighted by molar-refractivity contribution is -0.137. The normalized spacial score (nSPS) is 23.2. The smallest absolute Gasteiger partial charge is 0.323 e. The Morgan fingerprint density at radius 3 is 2.21 bits per heavy atom. The van der Waals surface area contributed by atoms with Crippen molar-refractivity contribution in [3.05, 3.63) is 35.4 Å². The lowest BCUT2D eigenvalue weighted by atomic mass is 9.85. The molecule has 5 heteroatoms. The minimum Gasteiger partial charge on any atom is -0.323 e. The van der Waals surface area contributed by atoms with Crippen LogP contribution in [0.4, 0.5) is 13.2 Å². The van der Waals surface area contributed by atoms with E-state index < -0.39 is 11.7 Å². The Morgan fingerprint density at radius 1 is 1.16 bits per heavy atom. The first kappa shape index (κ1) is 12.9. The van der Waals surface area contributed by atoms with Gasteiger partial charge < -0.3 is 5.73 Å². The molecule has 1 aromatic carbocycles. The van der Waals surface area contributed by atoms with E-state index in [2.05, 4.69) is 4.90 Å². The monoisotopic (exact) mass is 270 g/mol. The third kappa shape index (κ3) is 2.62. The Hall–Kier alpha value is -1.07. The minimum atomic E-state index is -4.26. The summed E-state index contributed by atoms with van der Waals surface area (Å²) >= 11 is 0. The number of hydrogen-bond donors (Lipinski definition) is 1. The molecule has 2 N–H and O–H groups in total. The molecular formula is C14H17F3N2. The largest absolute Gasteiger partial charge is 0.416 e. The van der Waals surface area contributed by atoms with Crippen LogP contribution < -0.4 is 5.73 Å². The second kappa shape index (κ2) is 4.21. The first-order chi connectivity index (χ1) is 8.87. The molecule has 0 radical (unpaired) electrons. The van der Waals surface area contributed by atoms with Crippen LogP contribution in [0.1, 0.15) is 24.0 Å². The molecule has 1 saturated carbocycles. The van der Waals surface area contributed by atoms with Crippen molar-refractivity contribution in [1.29, 1.82) is 0 Å². The summed E-state index contributed by atoms with van der Waals surface area (Å²) in [6, 6.07) is 5.39. The maximum atomic E-state index is 12.4. The maximum absolute atomic E-state index is 12.4. The lowest BCUT2D eigenvalue weighted by Gasteiger charge is -2.48. The summed E-state index contributed by atoms with van der Waals surface area (Å²) in [6.45, 7) is 2.40. The zero-order valence-electron chi connectivity index (χ0n) is 10.6. The predicted molar refractivity (Wildman–Crippen MR) is 66.4 cm³/mol. The van der Waals surface area contributed by atoms with Crippen molar-refractivity contribution >= 4 is 0 Å². The average Bonchev–Trinajstić information content (AvgIpc) is 3.10. The van der Waals surface area contributed by atoms with Gasteiger partial charge in [-0.2, -0.15) is 13.2 Å². The van der Waals surface area contributed by atoms with Gasteiger partial charge in [0.05, 0.1) is 5.56 Å². The summed E-state index contributed by atoms with van der Waals surface area (Å²) in [5.41, 5.74) is 6.52. The number of alkyl halides is 3.